The third kappa shape index (κ3) is 3.10. The number of aromatic nitrogens is 3. The predicted octanol–water partition coefficient (Wildman–Crippen LogP) is 3.25. The number of aryl methyl sites for hydroxylation is 2. The number of benzene rings is 1. The average molecular weight is 276 g/mol. The van der Waals surface area contributed by atoms with Crippen molar-refractivity contribution in [2.45, 2.75) is 39.0 Å². The topological polar surface area (TPSA) is 42.7 Å². The Balaban J connectivity index is 2.12. The molecule has 2 rings (SSSR count). The molecule has 0 saturated heterocycles. The van der Waals surface area contributed by atoms with E-state index < -0.39 is 0 Å². The van der Waals surface area contributed by atoms with Crippen molar-refractivity contribution in [2.75, 3.05) is 11.6 Å². The summed E-state index contributed by atoms with van der Waals surface area (Å²) in [5, 5.41) is 12.8. The molecule has 1 aromatic heterocycles. The smallest absolute Gasteiger partial charge is 0.190 e. The second-order valence-corrected chi connectivity index (χ2v) is 5.29. The maximum atomic E-state index is 4.25. The van der Waals surface area contributed by atoms with Crippen LogP contribution in [0.3, 0.4) is 0 Å². The van der Waals surface area contributed by atoms with Gasteiger partial charge in [0, 0.05) is 12.2 Å². The van der Waals surface area contributed by atoms with Gasteiger partial charge in [0.25, 0.3) is 0 Å². The van der Waals surface area contributed by atoms with Gasteiger partial charge in [0.05, 0.1) is 6.54 Å². The van der Waals surface area contributed by atoms with Crippen LogP contribution in [0, 0.1) is 13.8 Å². The van der Waals surface area contributed by atoms with Crippen molar-refractivity contribution in [3.8, 4) is 0 Å². The average Bonchev–Trinajstić information content (AvgIpc) is 2.79. The Morgan fingerprint density at radius 3 is 2.68 bits per heavy atom. The Labute approximate surface area is 118 Å². The summed E-state index contributed by atoms with van der Waals surface area (Å²) >= 11 is 1.63. The zero-order chi connectivity index (χ0) is 13.8. The predicted molar refractivity (Wildman–Crippen MR) is 80.7 cm³/mol. The van der Waals surface area contributed by atoms with Crippen LogP contribution in [-0.4, -0.2) is 21.0 Å². The second-order valence-electron chi connectivity index (χ2n) is 4.52. The van der Waals surface area contributed by atoms with Crippen LogP contribution in [-0.2, 0) is 13.1 Å². The van der Waals surface area contributed by atoms with Gasteiger partial charge in [-0.25, -0.2) is 0 Å². The van der Waals surface area contributed by atoms with Crippen molar-refractivity contribution in [1.29, 1.82) is 0 Å². The van der Waals surface area contributed by atoms with Crippen LogP contribution in [0.25, 0.3) is 0 Å². The molecule has 4 nitrogen and oxygen atoms in total. The van der Waals surface area contributed by atoms with Gasteiger partial charge in [-0.15, -0.1) is 10.2 Å². The van der Waals surface area contributed by atoms with E-state index in [1.165, 1.54) is 11.1 Å². The molecule has 1 N–H and O–H groups in total. The third-order valence-corrected chi connectivity index (χ3v) is 3.78. The SMILES string of the molecule is CCn1c(CNc2ccc(C)cc2C)nnc1SC. The molecule has 0 saturated carbocycles. The highest BCUT2D eigenvalue weighted by molar-refractivity contribution is 7.98. The normalized spacial score (nSPS) is 10.7. The first kappa shape index (κ1) is 13.9. The molecular formula is C14H20N4S. The van der Waals surface area contributed by atoms with Crippen LogP contribution >= 0.6 is 11.8 Å². The molecule has 0 aliphatic heterocycles. The Hall–Kier alpha value is -1.49. The van der Waals surface area contributed by atoms with Gasteiger partial charge < -0.3 is 9.88 Å². The molecule has 102 valence electrons. The molecule has 0 unspecified atom stereocenters. The highest BCUT2D eigenvalue weighted by atomic mass is 32.2. The van der Waals surface area contributed by atoms with E-state index in [0.717, 1.165) is 23.2 Å². The summed E-state index contributed by atoms with van der Waals surface area (Å²) in [4.78, 5) is 0. The molecule has 0 bridgehead atoms. The lowest BCUT2D eigenvalue weighted by atomic mass is 10.1. The van der Waals surface area contributed by atoms with E-state index in [1.807, 2.05) is 6.26 Å². The van der Waals surface area contributed by atoms with Gasteiger partial charge in [-0.3, -0.25) is 0 Å². The lowest BCUT2D eigenvalue weighted by Crippen LogP contribution is -2.09. The number of hydrogen-bond acceptors (Lipinski definition) is 4. The number of nitrogens with zero attached hydrogens (tertiary/aromatic N) is 3. The van der Waals surface area contributed by atoms with E-state index in [2.05, 4.69) is 59.1 Å². The zero-order valence-corrected chi connectivity index (χ0v) is 12.7. The van der Waals surface area contributed by atoms with E-state index in [0.29, 0.717) is 6.54 Å². The van der Waals surface area contributed by atoms with Crippen molar-refractivity contribution in [3.05, 3.63) is 35.2 Å². The number of rotatable bonds is 5. The van der Waals surface area contributed by atoms with Crippen molar-refractivity contribution < 1.29 is 0 Å². The van der Waals surface area contributed by atoms with E-state index in [-0.39, 0.29) is 0 Å². The molecule has 0 aliphatic rings. The Morgan fingerprint density at radius 2 is 2.05 bits per heavy atom. The van der Waals surface area contributed by atoms with Gasteiger partial charge >= 0.3 is 0 Å². The lowest BCUT2D eigenvalue weighted by molar-refractivity contribution is 0.649. The molecule has 0 amide bonds. The van der Waals surface area contributed by atoms with Crippen LogP contribution in [0.1, 0.15) is 23.9 Å². The van der Waals surface area contributed by atoms with Gasteiger partial charge in [0.15, 0.2) is 11.0 Å². The minimum Gasteiger partial charge on any atom is -0.378 e. The van der Waals surface area contributed by atoms with Crippen LogP contribution < -0.4 is 5.32 Å². The van der Waals surface area contributed by atoms with Crippen LogP contribution in [0.4, 0.5) is 5.69 Å². The molecule has 0 atom stereocenters. The Bertz CT molecular complexity index is 563. The summed E-state index contributed by atoms with van der Waals surface area (Å²) in [5.41, 5.74) is 3.69. The number of hydrogen-bond donors (Lipinski definition) is 1. The number of anilines is 1. The van der Waals surface area contributed by atoms with Crippen molar-refractivity contribution >= 4 is 17.4 Å². The van der Waals surface area contributed by atoms with Gasteiger partial charge in [-0.1, -0.05) is 29.5 Å². The molecular weight excluding hydrogens is 256 g/mol. The minimum atomic E-state index is 0.700. The molecule has 0 fully saturated rings. The van der Waals surface area contributed by atoms with Gasteiger partial charge in [-0.2, -0.15) is 0 Å². The first-order valence-electron chi connectivity index (χ1n) is 6.43. The maximum Gasteiger partial charge on any atom is 0.190 e. The van der Waals surface area contributed by atoms with Crippen molar-refractivity contribution in [1.82, 2.24) is 14.8 Å². The quantitative estimate of drug-likeness (QED) is 0.851. The first-order chi connectivity index (χ1) is 9.15. The Morgan fingerprint density at radius 1 is 1.26 bits per heavy atom. The molecule has 0 aliphatic carbocycles. The fraction of sp³-hybridized carbons (Fsp3) is 0.429. The highest BCUT2D eigenvalue weighted by Gasteiger charge is 2.09. The van der Waals surface area contributed by atoms with E-state index in [1.54, 1.807) is 11.8 Å². The Kier molecular flexibility index (Phi) is 4.47. The monoisotopic (exact) mass is 276 g/mol. The molecule has 1 heterocycles. The van der Waals surface area contributed by atoms with Gasteiger partial charge in [-0.05, 0) is 38.7 Å². The second kappa shape index (κ2) is 6.10. The number of thioether (sulfide) groups is 1. The molecule has 1 aromatic carbocycles. The highest BCUT2D eigenvalue weighted by Crippen LogP contribution is 2.18. The molecule has 0 radical (unpaired) electrons. The van der Waals surface area contributed by atoms with Crippen LogP contribution in [0.15, 0.2) is 23.4 Å². The molecule has 0 spiro atoms. The number of nitrogens with one attached hydrogen (secondary N) is 1. The van der Waals surface area contributed by atoms with E-state index >= 15 is 0 Å². The van der Waals surface area contributed by atoms with Crippen molar-refractivity contribution in [3.63, 3.8) is 0 Å². The summed E-state index contributed by atoms with van der Waals surface area (Å²) < 4.78 is 2.14. The summed E-state index contributed by atoms with van der Waals surface area (Å²) in [7, 11) is 0. The van der Waals surface area contributed by atoms with E-state index in [4.69, 9.17) is 0 Å². The van der Waals surface area contributed by atoms with E-state index in [9.17, 15) is 0 Å². The van der Waals surface area contributed by atoms with Crippen molar-refractivity contribution in [2.24, 2.45) is 0 Å². The molecule has 2 aromatic rings. The zero-order valence-electron chi connectivity index (χ0n) is 11.9. The summed E-state index contributed by atoms with van der Waals surface area (Å²) in [6.07, 6.45) is 2.03. The lowest BCUT2D eigenvalue weighted by Gasteiger charge is -2.11. The van der Waals surface area contributed by atoms with Gasteiger partial charge in [0.2, 0.25) is 0 Å². The van der Waals surface area contributed by atoms with Gasteiger partial charge in [0.1, 0.15) is 0 Å². The molecule has 19 heavy (non-hydrogen) atoms. The third-order valence-electron chi connectivity index (χ3n) is 3.11. The first-order valence-corrected chi connectivity index (χ1v) is 7.65. The molecule has 5 heteroatoms. The van der Waals surface area contributed by atoms with Crippen LogP contribution in [0.5, 0.6) is 0 Å². The summed E-state index contributed by atoms with van der Waals surface area (Å²) in [6.45, 7) is 7.94. The summed E-state index contributed by atoms with van der Waals surface area (Å²) in [5.74, 6) is 0.979. The minimum absolute atomic E-state index is 0.700. The maximum absolute atomic E-state index is 4.25. The largest absolute Gasteiger partial charge is 0.378 e. The standard InChI is InChI=1S/C14H20N4S/c1-5-18-13(16-17-14(18)19-4)9-15-12-7-6-10(2)8-11(12)3/h6-8,15H,5,9H2,1-4H3. The summed E-state index contributed by atoms with van der Waals surface area (Å²) in [6, 6.07) is 6.42. The fourth-order valence-corrected chi connectivity index (χ4v) is 2.68. The van der Waals surface area contributed by atoms with Crippen LogP contribution in [0.2, 0.25) is 0 Å². The fourth-order valence-electron chi connectivity index (χ4n) is 2.10.